The molecule has 0 saturated heterocycles. The zero-order valence-electron chi connectivity index (χ0n) is 9.66. The summed E-state index contributed by atoms with van der Waals surface area (Å²) in [7, 11) is 0. The molecule has 84 valence electrons. The minimum atomic E-state index is -0.386. The second-order valence-corrected chi connectivity index (χ2v) is 3.82. The fourth-order valence-corrected chi connectivity index (χ4v) is 1.55. The van der Waals surface area contributed by atoms with Gasteiger partial charge < -0.3 is 10.4 Å². The van der Waals surface area contributed by atoms with Crippen molar-refractivity contribution in [2.75, 3.05) is 13.1 Å². The van der Waals surface area contributed by atoms with Crippen LogP contribution in [0.4, 0.5) is 0 Å². The summed E-state index contributed by atoms with van der Waals surface area (Å²) < 4.78 is 0. The van der Waals surface area contributed by atoms with Crippen LogP contribution in [-0.2, 0) is 6.42 Å². The standard InChI is InChI=1S/C13H21NO/c1-3-8-14-10-13(15)12-7-5-6-11(4-2)9-12/h5-7,9,13-15H,3-4,8,10H2,1-2H3. The zero-order chi connectivity index (χ0) is 11.1. The predicted molar refractivity (Wildman–Crippen MR) is 63.9 cm³/mol. The quantitative estimate of drug-likeness (QED) is 0.701. The SMILES string of the molecule is CCCNCC(O)c1cccc(CC)c1. The van der Waals surface area contributed by atoms with Crippen molar-refractivity contribution in [3.63, 3.8) is 0 Å². The summed E-state index contributed by atoms with van der Waals surface area (Å²) in [5, 5.41) is 13.1. The fourth-order valence-electron chi connectivity index (χ4n) is 1.55. The zero-order valence-corrected chi connectivity index (χ0v) is 9.66. The van der Waals surface area contributed by atoms with Crippen LogP contribution >= 0.6 is 0 Å². The molecular weight excluding hydrogens is 186 g/mol. The second kappa shape index (κ2) is 6.59. The number of aryl methyl sites for hydroxylation is 1. The molecule has 1 aromatic rings. The van der Waals surface area contributed by atoms with E-state index in [0.29, 0.717) is 6.54 Å². The summed E-state index contributed by atoms with van der Waals surface area (Å²) in [4.78, 5) is 0. The Kier molecular flexibility index (Phi) is 5.37. The first-order chi connectivity index (χ1) is 7.27. The van der Waals surface area contributed by atoms with Crippen molar-refractivity contribution in [1.82, 2.24) is 5.32 Å². The van der Waals surface area contributed by atoms with Gasteiger partial charge in [-0.25, -0.2) is 0 Å². The van der Waals surface area contributed by atoms with Crippen LogP contribution in [-0.4, -0.2) is 18.2 Å². The molecule has 2 heteroatoms. The Balaban J connectivity index is 2.52. The van der Waals surface area contributed by atoms with Gasteiger partial charge in [-0.1, -0.05) is 38.1 Å². The molecule has 0 bridgehead atoms. The van der Waals surface area contributed by atoms with Crippen molar-refractivity contribution in [2.45, 2.75) is 32.8 Å². The largest absolute Gasteiger partial charge is 0.387 e. The summed E-state index contributed by atoms with van der Waals surface area (Å²) in [5.74, 6) is 0. The molecule has 0 fully saturated rings. The molecular formula is C13H21NO. The van der Waals surface area contributed by atoms with Crippen LogP contribution in [0.15, 0.2) is 24.3 Å². The molecule has 0 heterocycles. The minimum absolute atomic E-state index is 0.386. The lowest BCUT2D eigenvalue weighted by molar-refractivity contribution is 0.175. The van der Waals surface area contributed by atoms with Gasteiger partial charge in [0.1, 0.15) is 0 Å². The summed E-state index contributed by atoms with van der Waals surface area (Å²) in [6.45, 7) is 5.85. The molecule has 0 aliphatic carbocycles. The van der Waals surface area contributed by atoms with Gasteiger partial charge in [0.2, 0.25) is 0 Å². The van der Waals surface area contributed by atoms with Crippen molar-refractivity contribution in [3.05, 3.63) is 35.4 Å². The third kappa shape index (κ3) is 4.02. The number of hydrogen-bond donors (Lipinski definition) is 2. The number of rotatable bonds is 6. The lowest BCUT2D eigenvalue weighted by Crippen LogP contribution is -2.22. The van der Waals surface area contributed by atoms with Crippen molar-refractivity contribution in [2.24, 2.45) is 0 Å². The van der Waals surface area contributed by atoms with Crippen molar-refractivity contribution in [3.8, 4) is 0 Å². The maximum Gasteiger partial charge on any atom is 0.0914 e. The van der Waals surface area contributed by atoms with Gasteiger partial charge in [0.05, 0.1) is 6.10 Å². The number of aliphatic hydroxyl groups is 1. The fraction of sp³-hybridized carbons (Fsp3) is 0.538. The highest BCUT2D eigenvalue weighted by Gasteiger charge is 2.06. The monoisotopic (exact) mass is 207 g/mol. The molecule has 1 atom stereocenters. The van der Waals surface area contributed by atoms with E-state index < -0.39 is 0 Å². The van der Waals surface area contributed by atoms with Crippen LogP contribution in [0.2, 0.25) is 0 Å². The van der Waals surface area contributed by atoms with E-state index in [2.05, 4.69) is 31.3 Å². The third-order valence-electron chi connectivity index (χ3n) is 2.51. The first kappa shape index (κ1) is 12.2. The molecule has 1 aromatic carbocycles. The molecule has 0 amide bonds. The Morgan fingerprint density at radius 3 is 2.80 bits per heavy atom. The van der Waals surface area contributed by atoms with E-state index in [1.54, 1.807) is 0 Å². The third-order valence-corrected chi connectivity index (χ3v) is 2.51. The van der Waals surface area contributed by atoms with Crippen LogP contribution in [0.1, 0.15) is 37.5 Å². The molecule has 0 aliphatic heterocycles. The molecule has 15 heavy (non-hydrogen) atoms. The van der Waals surface area contributed by atoms with Crippen LogP contribution in [0.3, 0.4) is 0 Å². The van der Waals surface area contributed by atoms with Gasteiger partial charge >= 0.3 is 0 Å². The van der Waals surface area contributed by atoms with Crippen LogP contribution < -0.4 is 5.32 Å². The number of hydrogen-bond acceptors (Lipinski definition) is 2. The highest BCUT2D eigenvalue weighted by Crippen LogP contribution is 2.14. The van der Waals surface area contributed by atoms with Crippen molar-refractivity contribution < 1.29 is 5.11 Å². The Hall–Kier alpha value is -0.860. The van der Waals surface area contributed by atoms with E-state index in [4.69, 9.17) is 0 Å². The molecule has 0 spiro atoms. The smallest absolute Gasteiger partial charge is 0.0914 e. The number of benzene rings is 1. The molecule has 2 N–H and O–H groups in total. The lowest BCUT2D eigenvalue weighted by Gasteiger charge is -2.12. The summed E-state index contributed by atoms with van der Waals surface area (Å²) in [5.41, 5.74) is 2.29. The van der Waals surface area contributed by atoms with Crippen molar-refractivity contribution in [1.29, 1.82) is 0 Å². The Labute approximate surface area is 92.3 Å². The highest BCUT2D eigenvalue weighted by molar-refractivity contribution is 5.25. The van der Waals surface area contributed by atoms with Crippen LogP contribution in [0, 0.1) is 0 Å². The molecule has 0 aromatic heterocycles. The van der Waals surface area contributed by atoms with Crippen LogP contribution in [0.5, 0.6) is 0 Å². The summed E-state index contributed by atoms with van der Waals surface area (Å²) in [6.07, 6.45) is 1.73. The summed E-state index contributed by atoms with van der Waals surface area (Å²) >= 11 is 0. The second-order valence-electron chi connectivity index (χ2n) is 3.82. The molecule has 0 aliphatic rings. The summed E-state index contributed by atoms with van der Waals surface area (Å²) in [6, 6.07) is 8.17. The normalized spacial score (nSPS) is 12.7. The van der Waals surface area contributed by atoms with Crippen LogP contribution in [0.25, 0.3) is 0 Å². The molecule has 1 rings (SSSR count). The van der Waals surface area contributed by atoms with Crippen molar-refractivity contribution >= 4 is 0 Å². The van der Waals surface area contributed by atoms with Gasteiger partial charge in [-0.2, -0.15) is 0 Å². The topological polar surface area (TPSA) is 32.3 Å². The predicted octanol–water partition coefficient (Wildman–Crippen LogP) is 2.28. The first-order valence-electron chi connectivity index (χ1n) is 5.75. The van der Waals surface area contributed by atoms with E-state index in [0.717, 1.165) is 24.9 Å². The Morgan fingerprint density at radius 1 is 1.33 bits per heavy atom. The van der Waals surface area contributed by atoms with Gasteiger partial charge in [0, 0.05) is 6.54 Å². The maximum absolute atomic E-state index is 9.90. The van der Waals surface area contributed by atoms with Gasteiger partial charge in [-0.05, 0) is 30.5 Å². The minimum Gasteiger partial charge on any atom is -0.387 e. The van der Waals surface area contributed by atoms with Gasteiger partial charge in [0.25, 0.3) is 0 Å². The maximum atomic E-state index is 9.90. The average molecular weight is 207 g/mol. The Bertz CT molecular complexity index is 286. The Morgan fingerprint density at radius 2 is 2.13 bits per heavy atom. The van der Waals surface area contributed by atoms with E-state index in [9.17, 15) is 5.11 Å². The van der Waals surface area contributed by atoms with E-state index in [1.807, 2.05) is 12.1 Å². The highest BCUT2D eigenvalue weighted by atomic mass is 16.3. The van der Waals surface area contributed by atoms with E-state index >= 15 is 0 Å². The molecule has 2 nitrogen and oxygen atoms in total. The molecule has 0 saturated carbocycles. The van der Waals surface area contributed by atoms with Gasteiger partial charge in [-0.15, -0.1) is 0 Å². The first-order valence-corrected chi connectivity index (χ1v) is 5.75. The molecule has 1 unspecified atom stereocenters. The average Bonchev–Trinajstić information content (AvgIpc) is 2.29. The van der Waals surface area contributed by atoms with E-state index in [1.165, 1.54) is 5.56 Å². The van der Waals surface area contributed by atoms with Gasteiger partial charge in [0.15, 0.2) is 0 Å². The van der Waals surface area contributed by atoms with Gasteiger partial charge in [-0.3, -0.25) is 0 Å². The number of nitrogens with one attached hydrogen (secondary N) is 1. The lowest BCUT2D eigenvalue weighted by atomic mass is 10.0. The number of aliphatic hydroxyl groups excluding tert-OH is 1. The van der Waals surface area contributed by atoms with E-state index in [-0.39, 0.29) is 6.10 Å². The molecule has 0 radical (unpaired) electrons.